The molecule has 0 fully saturated rings. The number of furan rings is 1. The van der Waals surface area contributed by atoms with Crippen LogP contribution in [-0.2, 0) is 13.1 Å². The summed E-state index contributed by atoms with van der Waals surface area (Å²) in [6.45, 7) is 0.828. The number of hydrogen-bond donors (Lipinski definition) is 3. The quantitative estimate of drug-likeness (QED) is 0.491. The van der Waals surface area contributed by atoms with Crippen LogP contribution in [0.25, 0.3) is 0 Å². The van der Waals surface area contributed by atoms with Gasteiger partial charge < -0.3 is 25.5 Å². The fraction of sp³-hybridized carbons (Fsp3) is 0.333. The highest BCUT2D eigenvalue weighted by molar-refractivity contribution is 5.89. The van der Waals surface area contributed by atoms with Crippen LogP contribution >= 0.6 is 0 Å². The number of amides is 1. The molecule has 0 spiro atoms. The van der Waals surface area contributed by atoms with Gasteiger partial charge in [-0.15, -0.1) is 0 Å². The molecule has 1 heterocycles. The van der Waals surface area contributed by atoms with Crippen molar-refractivity contribution < 1.29 is 27.1 Å². The van der Waals surface area contributed by atoms with Gasteiger partial charge in [0.15, 0.2) is 18.3 Å². The Kier molecular flexibility index (Phi) is 6.91. The Morgan fingerprint density at radius 1 is 1.21 bits per heavy atom. The number of ether oxygens (including phenoxy) is 1. The average Bonchev–Trinajstić information content (AvgIpc) is 3.10. The fourth-order valence-electron chi connectivity index (χ4n) is 2.28. The van der Waals surface area contributed by atoms with Gasteiger partial charge in [0.25, 0.3) is 5.91 Å². The number of halogens is 3. The van der Waals surface area contributed by atoms with Crippen LogP contribution in [0.2, 0.25) is 0 Å². The smallest absolute Gasteiger partial charge is 0.422 e. The number of benzene rings is 1. The molecule has 0 aliphatic rings. The largest absolute Gasteiger partial charge is 0.484 e. The minimum absolute atomic E-state index is 0.0471. The minimum Gasteiger partial charge on any atom is -0.484 e. The van der Waals surface area contributed by atoms with Crippen LogP contribution < -0.4 is 21.1 Å². The number of carbonyl (C=O) groups excluding carboxylic acids is 1. The standard InChI is InChI=1S/C18H21F3N4O3/c1-11-3-4-12(15(7-11)27-10-18(19,20)21)8-24-17(23-2)25-9-13-5-6-14(28-13)16(22)26/h3-7H,8-10H2,1-2H3,(H2,22,26)(H2,23,24,25). The lowest BCUT2D eigenvalue weighted by Crippen LogP contribution is -2.36. The summed E-state index contributed by atoms with van der Waals surface area (Å²) in [7, 11) is 1.54. The predicted molar refractivity (Wildman–Crippen MR) is 97.0 cm³/mol. The average molecular weight is 398 g/mol. The monoisotopic (exact) mass is 398 g/mol. The van der Waals surface area contributed by atoms with Gasteiger partial charge >= 0.3 is 6.18 Å². The maximum Gasteiger partial charge on any atom is 0.422 e. The zero-order valence-electron chi connectivity index (χ0n) is 15.4. The van der Waals surface area contributed by atoms with Gasteiger partial charge in [0.1, 0.15) is 11.5 Å². The minimum atomic E-state index is -4.42. The zero-order chi connectivity index (χ0) is 20.7. The number of carbonyl (C=O) groups is 1. The van der Waals surface area contributed by atoms with E-state index in [1.165, 1.54) is 6.07 Å². The fourth-order valence-corrected chi connectivity index (χ4v) is 2.28. The second kappa shape index (κ2) is 9.16. The lowest BCUT2D eigenvalue weighted by molar-refractivity contribution is -0.153. The summed E-state index contributed by atoms with van der Waals surface area (Å²) < 4.78 is 47.5. The molecule has 7 nitrogen and oxygen atoms in total. The Bertz CT molecular complexity index is 847. The SMILES string of the molecule is CN=C(NCc1ccc(C(N)=O)o1)NCc1ccc(C)cc1OCC(F)(F)F. The Labute approximate surface area is 159 Å². The summed E-state index contributed by atoms with van der Waals surface area (Å²) in [5, 5.41) is 5.95. The van der Waals surface area contributed by atoms with Crippen molar-refractivity contribution in [2.24, 2.45) is 10.7 Å². The maximum absolute atomic E-state index is 12.4. The van der Waals surface area contributed by atoms with Gasteiger partial charge in [-0.1, -0.05) is 12.1 Å². The van der Waals surface area contributed by atoms with Crippen molar-refractivity contribution in [2.45, 2.75) is 26.2 Å². The van der Waals surface area contributed by atoms with Crippen LogP contribution in [0.4, 0.5) is 13.2 Å². The number of nitrogens with two attached hydrogens (primary N) is 1. The van der Waals surface area contributed by atoms with Crippen molar-refractivity contribution >= 4 is 11.9 Å². The van der Waals surface area contributed by atoms with Crippen molar-refractivity contribution in [3.8, 4) is 5.75 Å². The molecule has 0 bridgehead atoms. The molecular weight excluding hydrogens is 377 g/mol. The second-order valence-electron chi connectivity index (χ2n) is 5.92. The van der Waals surface area contributed by atoms with Gasteiger partial charge in [-0.05, 0) is 30.7 Å². The first kappa shape index (κ1) is 21.1. The molecular formula is C18H21F3N4O3. The van der Waals surface area contributed by atoms with E-state index in [9.17, 15) is 18.0 Å². The molecule has 0 atom stereocenters. The van der Waals surface area contributed by atoms with Crippen LogP contribution in [0, 0.1) is 6.92 Å². The van der Waals surface area contributed by atoms with Gasteiger partial charge in [0.2, 0.25) is 0 Å². The van der Waals surface area contributed by atoms with E-state index in [-0.39, 0.29) is 24.6 Å². The highest BCUT2D eigenvalue weighted by atomic mass is 19.4. The van der Waals surface area contributed by atoms with E-state index in [4.69, 9.17) is 14.9 Å². The molecule has 1 aromatic carbocycles. The molecule has 0 radical (unpaired) electrons. The van der Waals surface area contributed by atoms with E-state index in [0.717, 1.165) is 5.56 Å². The van der Waals surface area contributed by atoms with Gasteiger partial charge in [0, 0.05) is 19.2 Å². The van der Waals surface area contributed by atoms with E-state index < -0.39 is 18.7 Å². The molecule has 0 aliphatic carbocycles. The molecule has 1 aromatic heterocycles. The Morgan fingerprint density at radius 3 is 2.54 bits per heavy atom. The lowest BCUT2D eigenvalue weighted by Gasteiger charge is -2.16. The van der Waals surface area contributed by atoms with Crippen molar-refractivity contribution in [1.82, 2.24) is 10.6 Å². The van der Waals surface area contributed by atoms with E-state index in [0.29, 0.717) is 17.3 Å². The highest BCUT2D eigenvalue weighted by Gasteiger charge is 2.28. The molecule has 4 N–H and O–H groups in total. The molecule has 152 valence electrons. The molecule has 1 amide bonds. The number of alkyl halides is 3. The van der Waals surface area contributed by atoms with Crippen molar-refractivity contribution in [3.05, 3.63) is 53.0 Å². The second-order valence-corrected chi connectivity index (χ2v) is 5.92. The maximum atomic E-state index is 12.4. The highest BCUT2D eigenvalue weighted by Crippen LogP contribution is 2.23. The lowest BCUT2D eigenvalue weighted by atomic mass is 10.1. The van der Waals surface area contributed by atoms with Gasteiger partial charge in [-0.2, -0.15) is 13.2 Å². The third kappa shape index (κ3) is 6.53. The van der Waals surface area contributed by atoms with E-state index in [1.807, 2.05) is 0 Å². The predicted octanol–water partition coefficient (Wildman–Crippen LogP) is 2.49. The third-order valence-electron chi connectivity index (χ3n) is 3.62. The first-order valence-corrected chi connectivity index (χ1v) is 8.30. The van der Waals surface area contributed by atoms with Gasteiger partial charge in [-0.25, -0.2) is 0 Å². The van der Waals surface area contributed by atoms with E-state index in [2.05, 4.69) is 15.6 Å². The number of primary amides is 1. The summed E-state index contributed by atoms with van der Waals surface area (Å²) in [6, 6.07) is 8.08. The summed E-state index contributed by atoms with van der Waals surface area (Å²) in [5.74, 6) is 0.392. The number of guanidine groups is 1. The molecule has 0 unspecified atom stereocenters. The van der Waals surface area contributed by atoms with Crippen LogP contribution in [0.15, 0.2) is 39.7 Å². The molecule has 0 aliphatic heterocycles. The van der Waals surface area contributed by atoms with Gasteiger partial charge in [-0.3, -0.25) is 9.79 Å². The molecule has 28 heavy (non-hydrogen) atoms. The number of rotatable bonds is 7. The van der Waals surface area contributed by atoms with Crippen LogP contribution in [0.3, 0.4) is 0 Å². The van der Waals surface area contributed by atoms with Crippen molar-refractivity contribution in [3.63, 3.8) is 0 Å². The summed E-state index contributed by atoms with van der Waals surface area (Å²) >= 11 is 0. The normalized spacial score (nSPS) is 12.0. The van der Waals surface area contributed by atoms with Crippen molar-refractivity contribution in [1.29, 1.82) is 0 Å². The Morgan fingerprint density at radius 2 is 1.93 bits per heavy atom. The number of aliphatic imine (C=N–C) groups is 1. The third-order valence-corrected chi connectivity index (χ3v) is 3.62. The van der Waals surface area contributed by atoms with Crippen LogP contribution in [-0.4, -0.2) is 31.7 Å². The molecule has 2 rings (SSSR count). The Hall–Kier alpha value is -3.17. The first-order valence-electron chi connectivity index (χ1n) is 8.30. The number of aryl methyl sites for hydroxylation is 1. The molecule has 0 saturated heterocycles. The number of hydrogen-bond acceptors (Lipinski definition) is 4. The summed E-state index contributed by atoms with van der Waals surface area (Å²) in [5.41, 5.74) is 6.46. The van der Waals surface area contributed by atoms with Gasteiger partial charge in [0.05, 0.1) is 6.54 Å². The number of nitrogens with zero attached hydrogens (tertiary/aromatic N) is 1. The van der Waals surface area contributed by atoms with E-state index in [1.54, 1.807) is 38.2 Å². The van der Waals surface area contributed by atoms with E-state index >= 15 is 0 Å². The molecule has 0 saturated carbocycles. The molecule has 2 aromatic rings. The number of nitrogens with one attached hydrogen (secondary N) is 2. The summed E-state index contributed by atoms with van der Waals surface area (Å²) in [4.78, 5) is 15.1. The Balaban J connectivity index is 1.96. The zero-order valence-corrected chi connectivity index (χ0v) is 15.4. The summed E-state index contributed by atoms with van der Waals surface area (Å²) in [6.07, 6.45) is -4.42. The van der Waals surface area contributed by atoms with Crippen molar-refractivity contribution in [2.75, 3.05) is 13.7 Å². The topological polar surface area (TPSA) is 102 Å². The van der Waals surface area contributed by atoms with Crippen LogP contribution in [0.1, 0.15) is 27.4 Å². The molecule has 10 heteroatoms. The first-order chi connectivity index (χ1) is 13.2. The van der Waals surface area contributed by atoms with Crippen LogP contribution in [0.5, 0.6) is 5.75 Å².